The van der Waals surface area contributed by atoms with E-state index in [1.165, 1.54) is 18.2 Å². The Morgan fingerprint density at radius 3 is 2.47 bits per heavy atom. The van der Waals surface area contributed by atoms with Gasteiger partial charge in [-0.15, -0.1) is 11.3 Å². The summed E-state index contributed by atoms with van der Waals surface area (Å²) >= 11 is 1.04. The zero-order chi connectivity index (χ0) is 24.6. The van der Waals surface area contributed by atoms with E-state index >= 15 is 0 Å². The van der Waals surface area contributed by atoms with Crippen molar-refractivity contribution in [2.45, 2.75) is 31.8 Å². The van der Waals surface area contributed by atoms with Crippen LogP contribution in [0.4, 0.5) is 13.2 Å². The number of benzene rings is 2. The minimum absolute atomic E-state index is 0.116. The summed E-state index contributed by atoms with van der Waals surface area (Å²) in [6, 6.07) is 7.11. The number of carbonyl (C=O) groups is 1. The molecule has 0 fully saturated rings. The van der Waals surface area contributed by atoms with Gasteiger partial charge in [-0.1, -0.05) is 13.8 Å². The van der Waals surface area contributed by atoms with Crippen LogP contribution in [0.15, 0.2) is 41.8 Å². The predicted molar refractivity (Wildman–Crippen MR) is 122 cm³/mol. The van der Waals surface area contributed by atoms with Crippen molar-refractivity contribution in [2.24, 2.45) is 0 Å². The molecule has 0 spiro atoms. The Morgan fingerprint density at radius 1 is 1.09 bits per heavy atom. The lowest BCUT2D eigenvalue weighted by Gasteiger charge is -2.42. The number of fused-ring (bicyclic) bond motifs is 3. The Morgan fingerprint density at radius 2 is 1.82 bits per heavy atom. The number of ether oxygens (including phenoxy) is 1. The standard InChI is InChI=1S/C25H20F3NO4S/c1-24(2)11-33-25(3,12-6-19(23(31)32)34-10-12)21-20-17(7-13(26)8-18(20)30)29(22(21)24)14-4-5-15(27)16(28)9-14/h4-10,30H,11H2,1-3H3,(H,31,32). The van der Waals surface area contributed by atoms with Crippen LogP contribution >= 0.6 is 11.3 Å². The third kappa shape index (κ3) is 3.14. The Labute approximate surface area is 196 Å². The molecule has 0 bridgehead atoms. The average molecular weight is 487 g/mol. The summed E-state index contributed by atoms with van der Waals surface area (Å²) in [6.07, 6.45) is 0. The average Bonchev–Trinajstić information content (AvgIpc) is 3.38. The maximum Gasteiger partial charge on any atom is 0.345 e. The summed E-state index contributed by atoms with van der Waals surface area (Å²) in [5, 5.41) is 22.3. The monoisotopic (exact) mass is 487 g/mol. The van der Waals surface area contributed by atoms with Gasteiger partial charge < -0.3 is 19.5 Å². The number of aromatic nitrogens is 1. The van der Waals surface area contributed by atoms with Gasteiger partial charge in [0, 0.05) is 39.9 Å². The van der Waals surface area contributed by atoms with Gasteiger partial charge in [0.15, 0.2) is 11.6 Å². The fraction of sp³-hybridized carbons (Fsp3) is 0.240. The van der Waals surface area contributed by atoms with Crippen molar-refractivity contribution in [3.05, 3.63) is 80.9 Å². The molecule has 1 atom stereocenters. The first-order chi connectivity index (χ1) is 15.9. The molecular formula is C25H20F3NO4S. The second-order valence-electron chi connectivity index (χ2n) is 9.19. The van der Waals surface area contributed by atoms with E-state index in [0.29, 0.717) is 22.2 Å². The molecule has 9 heteroatoms. The number of carboxylic acid groups (broad SMARTS) is 1. The van der Waals surface area contributed by atoms with Gasteiger partial charge in [0.25, 0.3) is 0 Å². The van der Waals surface area contributed by atoms with E-state index in [1.54, 1.807) is 16.9 Å². The van der Waals surface area contributed by atoms with E-state index in [9.17, 15) is 28.2 Å². The first kappa shape index (κ1) is 22.5. The molecule has 0 saturated carbocycles. The maximum atomic E-state index is 14.5. The molecule has 176 valence electrons. The molecule has 5 nitrogen and oxygen atoms in total. The number of aromatic hydroxyl groups is 1. The van der Waals surface area contributed by atoms with Gasteiger partial charge in [-0.2, -0.15) is 0 Å². The smallest absolute Gasteiger partial charge is 0.345 e. The highest BCUT2D eigenvalue weighted by atomic mass is 32.1. The summed E-state index contributed by atoms with van der Waals surface area (Å²) in [7, 11) is 0. The first-order valence-electron chi connectivity index (χ1n) is 10.4. The van der Waals surface area contributed by atoms with Crippen LogP contribution in [0.25, 0.3) is 16.6 Å². The van der Waals surface area contributed by atoms with Crippen molar-refractivity contribution >= 4 is 28.2 Å². The van der Waals surface area contributed by atoms with Crippen molar-refractivity contribution in [1.82, 2.24) is 4.57 Å². The number of rotatable bonds is 3. The number of hydrogen-bond donors (Lipinski definition) is 2. The van der Waals surface area contributed by atoms with E-state index in [-0.39, 0.29) is 28.4 Å². The van der Waals surface area contributed by atoms with Gasteiger partial charge >= 0.3 is 5.97 Å². The molecule has 5 rings (SSSR count). The number of hydrogen-bond acceptors (Lipinski definition) is 4. The summed E-state index contributed by atoms with van der Waals surface area (Å²) in [6.45, 7) is 5.74. The van der Waals surface area contributed by atoms with E-state index in [0.717, 1.165) is 29.5 Å². The molecule has 3 heterocycles. The van der Waals surface area contributed by atoms with Crippen molar-refractivity contribution in [1.29, 1.82) is 0 Å². The van der Waals surface area contributed by atoms with Crippen molar-refractivity contribution in [3.63, 3.8) is 0 Å². The second-order valence-corrected chi connectivity index (χ2v) is 10.1. The summed E-state index contributed by atoms with van der Waals surface area (Å²) < 4.78 is 50.4. The summed E-state index contributed by atoms with van der Waals surface area (Å²) in [5.41, 5.74) is 0.303. The summed E-state index contributed by atoms with van der Waals surface area (Å²) in [5.74, 6) is -4.20. The molecular weight excluding hydrogens is 467 g/mol. The van der Waals surface area contributed by atoms with Crippen LogP contribution in [-0.4, -0.2) is 27.4 Å². The third-order valence-corrected chi connectivity index (χ3v) is 7.29. The fourth-order valence-electron chi connectivity index (χ4n) is 4.75. The first-order valence-corrected chi connectivity index (χ1v) is 11.3. The number of carboxylic acids is 1. The van der Waals surface area contributed by atoms with Gasteiger partial charge in [0.2, 0.25) is 0 Å². The number of thiophene rings is 1. The molecule has 0 radical (unpaired) electrons. The van der Waals surface area contributed by atoms with Crippen molar-refractivity contribution < 1.29 is 32.9 Å². The van der Waals surface area contributed by atoms with E-state index in [1.807, 2.05) is 13.8 Å². The number of aromatic carboxylic acids is 1. The SMILES string of the molecule is CC1(C)COC(C)(c2csc(C(=O)O)c2)c2c1n(-c1ccc(F)c(F)c1)c1cc(F)cc(O)c21. The highest BCUT2D eigenvalue weighted by Crippen LogP contribution is 2.52. The van der Waals surface area contributed by atoms with Crippen LogP contribution in [0.2, 0.25) is 0 Å². The number of nitrogens with zero attached hydrogens (tertiary/aromatic N) is 1. The lowest BCUT2D eigenvalue weighted by atomic mass is 9.76. The quantitative estimate of drug-likeness (QED) is 0.367. The molecule has 34 heavy (non-hydrogen) atoms. The second kappa shape index (κ2) is 7.35. The lowest BCUT2D eigenvalue weighted by Crippen LogP contribution is -2.42. The van der Waals surface area contributed by atoms with Crippen LogP contribution in [0.1, 0.15) is 47.3 Å². The normalized spacial score (nSPS) is 19.4. The highest BCUT2D eigenvalue weighted by molar-refractivity contribution is 7.12. The Balaban J connectivity index is 1.94. The molecule has 4 aromatic rings. The van der Waals surface area contributed by atoms with Crippen LogP contribution < -0.4 is 0 Å². The minimum Gasteiger partial charge on any atom is -0.507 e. The molecule has 0 amide bonds. The Kier molecular flexibility index (Phi) is 4.86. The number of phenols is 1. The van der Waals surface area contributed by atoms with Gasteiger partial charge in [-0.05, 0) is 42.1 Å². The van der Waals surface area contributed by atoms with Crippen LogP contribution in [0.3, 0.4) is 0 Å². The molecule has 0 saturated heterocycles. The van der Waals surface area contributed by atoms with Gasteiger partial charge in [-0.25, -0.2) is 18.0 Å². The van der Waals surface area contributed by atoms with Crippen LogP contribution in [-0.2, 0) is 15.8 Å². The van der Waals surface area contributed by atoms with Crippen LogP contribution in [0.5, 0.6) is 5.75 Å². The lowest BCUT2D eigenvalue weighted by molar-refractivity contribution is -0.0434. The van der Waals surface area contributed by atoms with Gasteiger partial charge in [0.1, 0.15) is 22.0 Å². The summed E-state index contributed by atoms with van der Waals surface area (Å²) in [4.78, 5) is 11.6. The van der Waals surface area contributed by atoms with Crippen molar-refractivity contribution in [3.8, 4) is 11.4 Å². The zero-order valence-corrected chi connectivity index (χ0v) is 19.3. The van der Waals surface area contributed by atoms with Crippen molar-refractivity contribution in [2.75, 3.05) is 6.61 Å². The zero-order valence-electron chi connectivity index (χ0n) is 18.4. The molecule has 1 unspecified atom stereocenters. The number of phenolic OH excluding ortho intramolecular Hbond substituents is 1. The molecule has 2 aromatic heterocycles. The van der Waals surface area contributed by atoms with E-state index in [2.05, 4.69) is 0 Å². The van der Waals surface area contributed by atoms with Gasteiger partial charge in [-0.3, -0.25) is 0 Å². The molecule has 2 aromatic carbocycles. The van der Waals surface area contributed by atoms with E-state index < -0.39 is 34.4 Å². The molecule has 1 aliphatic heterocycles. The van der Waals surface area contributed by atoms with Crippen LogP contribution in [0, 0.1) is 17.5 Å². The Bertz CT molecular complexity index is 1490. The molecule has 2 N–H and O–H groups in total. The third-order valence-electron chi connectivity index (χ3n) is 6.38. The highest BCUT2D eigenvalue weighted by Gasteiger charge is 2.47. The molecule has 0 aliphatic carbocycles. The topological polar surface area (TPSA) is 71.7 Å². The maximum absolute atomic E-state index is 14.5. The predicted octanol–water partition coefficient (Wildman–Crippen LogP) is 6.08. The fourth-order valence-corrected chi connectivity index (χ4v) is 5.59. The minimum atomic E-state index is -1.20. The molecule has 1 aliphatic rings. The number of halogens is 3. The Hall–Kier alpha value is -3.30. The largest absolute Gasteiger partial charge is 0.507 e. The van der Waals surface area contributed by atoms with E-state index in [4.69, 9.17) is 4.74 Å². The van der Waals surface area contributed by atoms with Gasteiger partial charge in [0.05, 0.1) is 12.1 Å².